The molecule has 1 aliphatic heterocycles. The monoisotopic (exact) mass is 262 g/mol. The quantitative estimate of drug-likeness (QED) is 0.867. The number of hydrogen-bond donors (Lipinski definition) is 2. The molecular formula is C15H22N2O2. The summed E-state index contributed by atoms with van der Waals surface area (Å²) in [6.45, 7) is 5.76. The van der Waals surface area contributed by atoms with Gasteiger partial charge >= 0.3 is 0 Å². The van der Waals surface area contributed by atoms with E-state index in [0.717, 1.165) is 36.3 Å². The number of carbonyl (C=O) groups is 1. The van der Waals surface area contributed by atoms with E-state index in [0.29, 0.717) is 0 Å². The number of aliphatic hydroxyl groups is 1. The second-order valence-electron chi connectivity index (χ2n) is 5.59. The first-order valence-electron chi connectivity index (χ1n) is 6.68. The van der Waals surface area contributed by atoms with Crippen LogP contribution in [-0.2, 0) is 11.4 Å². The van der Waals surface area contributed by atoms with E-state index in [-0.39, 0.29) is 17.9 Å². The number of carbonyl (C=O) groups excluding carboxylic acids is 1. The summed E-state index contributed by atoms with van der Waals surface area (Å²) in [7, 11) is 1.69. The van der Waals surface area contributed by atoms with Crippen LogP contribution in [0.4, 0.5) is 5.69 Å². The van der Waals surface area contributed by atoms with Crippen LogP contribution in [0.15, 0.2) is 18.2 Å². The molecule has 2 rings (SSSR count). The van der Waals surface area contributed by atoms with Crippen molar-refractivity contribution in [2.24, 2.45) is 5.41 Å². The smallest absolute Gasteiger partial charge is 0.227 e. The lowest BCUT2D eigenvalue weighted by atomic mass is 9.89. The molecule has 0 aromatic heterocycles. The van der Waals surface area contributed by atoms with Gasteiger partial charge in [-0.2, -0.15) is 0 Å². The summed E-state index contributed by atoms with van der Waals surface area (Å²) in [6.07, 6.45) is 0.869. The molecule has 2 N–H and O–H groups in total. The molecule has 0 spiro atoms. The molecule has 1 aromatic rings. The van der Waals surface area contributed by atoms with Gasteiger partial charge in [0.2, 0.25) is 5.91 Å². The van der Waals surface area contributed by atoms with Crippen molar-refractivity contribution in [2.45, 2.75) is 26.9 Å². The van der Waals surface area contributed by atoms with Crippen LogP contribution in [0.3, 0.4) is 0 Å². The first kappa shape index (κ1) is 13.9. The molecule has 1 aromatic carbocycles. The lowest BCUT2D eigenvalue weighted by molar-refractivity contribution is -0.128. The van der Waals surface area contributed by atoms with Gasteiger partial charge in [-0.05, 0) is 37.5 Å². The lowest BCUT2D eigenvalue weighted by Crippen LogP contribution is -2.39. The van der Waals surface area contributed by atoms with Crippen molar-refractivity contribution in [1.29, 1.82) is 0 Å². The Hall–Kier alpha value is -1.55. The van der Waals surface area contributed by atoms with Gasteiger partial charge in [0.25, 0.3) is 0 Å². The predicted octanol–water partition coefficient (Wildman–Crippen LogP) is 1.45. The predicted molar refractivity (Wildman–Crippen MR) is 76.1 cm³/mol. The molecule has 1 amide bonds. The minimum Gasteiger partial charge on any atom is -0.392 e. The van der Waals surface area contributed by atoms with E-state index in [1.807, 2.05) is 32.0 Å². The summed E-state index contributed by atoms with van der Waals surface area (Å²) in [5.41, 5.74) is 2.92. The molecule has 1 saturated heterocycles. The zero-order valence-corrected chi connectivity index (χ0v) is 11.9. The average molecular weight is 262 g/mol. The topological polar surface area (TPSA) is 52.6 Å². The molecule has 0 radical (unpaired) electrons. The van der Waals surface area contributed by atoms with E-state index < -0.39 is 0 Å². The average Bonchev–Trinajstić information content (AvgIpc) is 2.81. The van der Waals surface area contributed by atoms with E-state index >= 15 is 0 Å². The van der Waals surface area contributed by atoms with Gasteiger partial charge in [-0.15, -0.1) is 0 Å². The summed E-state index contributed by atoms with van der Waals surface area (Å²) in [5, 5.41) is 11.9. The first-order valence-corrected chi connectivity index (χ1v) is 6.68. The second-order valence-corrected chi connectivity index (χ2v) is 5.59. The SMILES string of the molecule is CNC(=O)C1(C)CCN(c2ccc(CO)cc2C)C1. The Morgan fingerprint density at radius 2 is 2.26 bits per heavy atom. The van der Waals surface area contributed by atoms with E-state index in [9.17, 15) is 4.79 Å². The molecule has 1 aliphatic rings. The Labute approximate surface area is 114 Å². The molecule has 0 aliphatic carbocycles. The number of nitrogens with zero attached hydrogens (tertiary/aromatic N) is 1. The maximum Gasteiger partial charge on any atom is 0.227 e. The van der Waals surface area contributed by atoms with Crippen molar-refractivity contribution < 1.29 is 9.90 Å². The van der Waals surface area contributed by atoms with Gasteiger partial charge < -0.3 is 15.3 Å². The molecule has 1 fully saturated rings. The molecule has 4 nitrogen and oxygen atoms in total. The van der Waals surface area contributed by atoms with E-state index in [4.69, 9.17) is 5.11 Å². The van der Waals surface area contributed by atoms with Crippen LogP contribution >= 0.6 is 0 Å². The molecule has 1 heterocycles. The summed E-state index contributed by atoms with van der Waals surface area (Å²) in [5.74, 6) is 0.111. The summed E-state index contributed by atoms with van der Waals surface area (Å²) >= 11 is 0. The highest BCUT2D eigenvalue weighted by molar-refractivity contribution is 5.83. The lowest BCUT2D eigenvalue weighted by Gasteiger charge is -2.25. The minimum atomic E-state index is -0.309. The van der Waals surface area contributed by atoms with Crippen molar-refractivity contribution in [1.82, 2.24) is 5.32 Å². The highest BCUT2D eigenvalue weighted by atomic mass is 16.3. The Bertz CT molecular complexity index is 487. The number of aryl methyl sites for hydroxylation is 1. The van der Waals surface area contributed by atoms with Crippen LogP contribution in [0.2, 0.25) is 0 Å². The molecule has 1 unspecified atom stereocenters. The molecule has 0 saturated carbocycles. The van der Waals surface area contributed by atoms with Crippen LogP contribution in [-0.4, -0.2) is 31.2 Å². The minimum absolute atomic E-state index is 0.0665. The molecule has 4 heteroatoms. The zero-order valence-electron chi connectivity index (χ0n) is 11.9. The van der Waals surface area contributed by atoms with Gasteiger partial charge in [0, 0.05) is 25.8 Å². The largest absolute Gasteiger partial charge is 0.392 e. The third kappa shape index (κ3) is 2.59. The third-order valence-electron chi connectivity index (χ3n) is 4.03. The zero-order chi connectivity index (χ0) is 14.0. The van der Waals surface area contributed by atoms with Gasteiger partial charge in [0.05, 0.1) is 12.0 Å². The maximum absolute atomic E-state index is 11.9. The molecule has 0 bridgehead atoms. The van der Waals surface area contributed by atoms with Gasteiger partial charge in [-0.25, -0.2) is 0 Å². The fourth-order valence-electron chi connectivity index (χ4n) is 2.82. The normalized spacial score (nSPS) is 22.6. The standard InChI is InChI=1S/C15H22N2O2/c1-11-8-12(9-18)4-5-13(11)17-7-6-15(2,10-17)14(19)16-3/h4-5,8,18H,6-7,9-10H2,1-3H3,(H,16,19). The van der Waals surface area contributed by atoms with Crippen LogP contribution in [0, 0.1) is 12.3 Å². The van der Waals surface area contributed by atoms with Crippen LogP contribution < -0.4 is 10.2 Å². The number of aliphatic hydroxyl groups excluding tert-OH is 1. The highest BCUT2D eigenvalue weighted by Crippen LogP contribution is 2.34. The highest BCUT2D eigenvalue weighted by Gasteiger charge is 2.40. The van der Waals surface area contributed by atoms with Gasteiger partial charge in [0.1, 0.15) is 0 Å². The van der Waals surface area contributed by atoms with Gasteiger partial charge in [-0.1, -0.05) is 12.1 Å². The van der Waals surface area contributed by atoms with Crippen molar-refractivity contribution in [3.05, 3.63) is 29.3 Å². The van der Waals surface area contributed by atoms with Crippen LogP contribution in [0.25, 0.3) is 0 Å². The summed E-state index contributed by atoms with van der Waals surface area (Å²) in [6, 6.07) is 5.99. The molecule has 1 atom stereocenters. The van der Waals surface area contributed by atoms with Crippen molar-refractivity contribution in [2.75, 3.05) is 25.0 Å². The third-order valence-corrected chi connectivity index (χ3v) is 4.03. The van der Waals surface area contributed by atoms with Crippen molar-refractivity contribution >= 4 is 11.6 Å². The summed E-state index contributed by atoms with van der Waals surface area (Å²) < 4.78 is 0. The van der Waals surface area contributed by atoms with E-state index in [2.05, 4.69) is 10.2 Å². The van der Waals surface area contributed by atoms with Crippen LogP contribution in [0.1, 0.15) is 24.5 Å². The molecule has 19 heavy (non-hydrogen) atoms. The Morgan fingerprint density at radius 1 is 1.53 bits per heavy atom. The number of rotatable bonds is 3. The van der Waals surface area contributed by atoms with Crippen molar-refractivity contribution in [3.8, 4) is 0 Å². The fraction of sp³-hybridized carbons (Fsp3) is 0.533. The van der Waals surface area contributed by atoms with E-state index in [1.54, 1.807) is 7.05 Å². The second kappa shape index (κ2) is 5.21. The van der Waals surface area contributed by atoms with E-state index in [1.165, 1.54) is 0 Å². The van der Waals surface area contributed by atoms with Gasteiger partial charge in [0.15, 0.2) is 0 Å². The Balaban J connectivity index is 2.19. The maximum atomic E-state index is 11.9. The first-order chi connectivity index (χ1) is 9.00. The van der Waals surface area contributed by atoms with Crippen LogP contribution in [0.5, 0.6) is 0 Å². The number of nitrogens with one attached hydrogen (secondary N) is 1. The van der Waals surface area contributed by atoms with Gasteiger partial charge in [-0.3, -0.25) is 4.79 Å². The Morgan fingerprint density at radius 3 is 2.84 bits per heavy atom. The number of benzene rings is 1. The number of amides is 1. The Kier molecular flexibility index (Phi) is 3.80. The van der Waals surface area contributed by atoms with Crippen molar-refractivity contribution in [3.63, 3.8) is 0 Å². The summed E-state index contributed by atoms with van der Waals surface area (Å²) in [4.78, 5) is 14.2. The number of hydrogen-bond acceptors (Lipinski definition) is 3. The molecular weight excluding hydrogens is 240 g/mol. The number of anilines is 1. The fourth-order valence-corrected chi connectivity index (χ4v) is 2.82. The molecule has 104 valence electrons.